The van der Waals surface area contributed by atoms with E-state index in [2.05, 4.69) is 24.0 Å². The molecule has 0 aliphatic rings. The summed E-state index contributed by atoms with van der Waals surface area (Å²) < 4.78 is 16.1. The van der Waals surface area contributed by atoms with Gasteiger partial charge in [0.2, 0.25) is 11.8 Å². The SMILES string of the molecule is COc1ccc(-c2nnc(C(N)CC(C)C)o2)cc1OC. The lowest BCUT2D eigenvalue weighted by atomic mass is 10.0. The number of hydrogen-bond donors (Lipinski definition) is 1. The first-order valence-electron chi connectivity index (χ1n) is 6.86. The first kappa shape index (κ1) is 15.3. The Balaban J connectivity index is 2.25. The molecule has 0 saturated carbocycles. The van der Waals surface area contributed by atoms with E-state index in [1.54, 1.807) is 26.4 Å². The Morgan fingerprint density at radius 1 is 1.14 bits per heavy atom. The zero-order valence-corrected chi connectivity index (χ0v) is 12.8. The molecule has 1 atom stereocenters. The van der Waals surface area contributed by atoms with Gasteiger partial charge >= 0.3 is 0 Å². The molecule has 114 valence electrons. The summed E-state index contributed by atoms with van der Waals surface area (Å²) in [6, 6.07) is 5.19. The van der Waals surface area contributed by atoms with Crippen LogP contribution in [0.3, 0.4) is 0 Å². The summed E-state index contributed by atoms with van der Waals surface area (Å²) in [5.74, 6) is 2.61. The lowest BCUT2D eigenvalue weighted by molar-refractivity contribution is 0.355. The summed E-state index contributed by atoms with van der Waals surface area (Å²) in [5.41, 5.74) is 6.81. The van der Waals surface area contributed by atoms with Gasteiger partial charge in [0.1, 0.15) is 0 Å². The minimum atomic E-state index is -0.244. The molecule has 21 heavy (non-hydrogen) atoms. The van der Waals surface area contributed by atoms with Gasteiger partial charge in [-0.1, -0.05) is 13.8 Å². The van der Waals surface area contributed by atoms with E-state index in [0.717, 1.165) is 12.0 Å². The lowest BCUT2D eigenvalue weighted by Gasteiger charge is -2.09. The van der Waals surface area contributed by atoms with E-state index in [9.17, 15) is 0 Å². The van der Waals surface area contributed by atoms with Crippen LogP contribution in [-0.2, 0) is 0 Å². The van der Waals surface area contributed by atoms with Crippen molar-refractivity contribution >= 4 is 0 Å². The third-order valence-electron chi connectivity index (χ3n) is 3.11. The summed E-state index contributed by atoms with van der Waals surface area (Å²) in [6.07, 6.45) is 0.799. The molecule has 0 radical (unpaired) electrons. The second kappa shape index (κ2) is 6.58. The third-order valence-corrected chi connectivity index (χ3v) is 3.11. The summed E-state index contributed by atoms with van der Waals surface area (Å²) >= 11 is 0. The highest BCUT2D eigenvalue weighted by molar-refractivity contribution is 5.59. The van der Waals surface area contributed by atoms with Crippen LogP contribution >= 0.6 is 0 Å². The zero-order valence-electron chi connectivity index (χ0n) is 12.8. The second-order valence-electron chi connectivity index (χ2n) is 5.25. The Kier molecular flexibility index (Phi) is 4.80. The van der Waals surface area contributed by atoms with Gasteiger partial charge in [0.25, 0.3) is 0 Å². The number of ether oxygens (including phenoxy) is 2. The summed E-state index contributed by atoms with van der Waals surface area (Å²) in [4.78, 5) is 0. The van der Waals surface area contributed by atoms with E-state index in [0.29, 0.717) is 29.2 Å². The van der Waals surface area contributed by atoms with Gasteiger partial charge in [-0.25, -0.2) is 0 Å². The normalized spacial score (nSPS) is 12.5. The number of hydrogen-bond acceptors (Lipinski definition) is 6. The van der Waals surface area contributed by atoms with Crippen LogP contribution < -0.4 is 15.2 Å². The minimum absolute atomic E-state index is 0.244. The Hall–Kier alpha value is -2.08. The predicted octanol–water partition coefficient (Wildman–Crippen LogP) is 2.80. The molecule has 0 saturated heterocycles. The van der Waals surface area contributed by atoms with Crippen LogP contribution in [-0.4, -0.2) is 24.4 Å². The van der Waals surface area contributed by atoms with Gasteiger partial charge < -0.3 is 19.6 Å². The van der Waals surface area contributed by atoms with Crippen molar-refractivity contribution in [2.45, 2.75) is 26.3 Å². The van der Waals surface area contributed by atoms with Gasteiger partial charge in [0.15, 0.2) is 11.5 Å². The standard InChI is InChI=1S/C15H21N3O3/c1-9(2)7-11(16)15-18-17-14(21-15)10-5-6-12(19-3)13(8-10)20-4/h5-6,8-9,11H,7,16H2,1-4H3. The topological polar surface area (TPSA) is 83.4 Å². The number of methoxy groups -OCH3 is 2. The van der Waals surface area contributed by atoms with E-state index in [-0.39, 0.29) is 6.04 Å². The molecule has 0 aliphatic carbocycles. The Morgan fingerprint density at radius 2 is 1.86 bits per heavy atom. The summed E-state index contributed by atoms with van der Waals surface area (Å²) in [6.45, 7) is 4.21. The van der Waals surface area contributed by atoms with Crippen LogP contribution in [0.15, 0.2) is 22.6 Å². The summed E-state index contributed by atoms with van der Waals surface area (Å²) in [7, 11) is 3.17. The Labute approximate surface area is 124 Å². The van der Waals surface area contributed by atoms with Crippen molar-refractivity contribution in [2.24, 2.45) is 11.7 Å². The number of benzene rings is 1. The van der Waals surface area contributed by atoms with Gasteiger partial charge in [-0.05, 0) is 30.5 Å². The van der Waals surface area contributed by atoms with Crippen LogP contribution in [0.5, 0.6) is 11.5 Å². The van der Waals surface area contributed by atoms with Gasteiger partial charge in [-0.15, -0.1) is 10.2 Å². The molecule has 1 heterocycles. The van der Waals surface area contributed by atoms with Gasteiger partial charge in [0.05, 0.1) is 20.3 Å². The van der Waals surface area contributed by atoms with Crippen LogP contribution in [0, 0.1) is 5.92 Å². The van der Waals surface area contributed by atoms with Gasteiger partial charge in [0, 0.05) is 5.56 Å². The lowest BCUT2D eigenvalue weighted by Crippen LogP contribution is -2.13. The molecule has 6 nitrogen and oxygen atoms in total. The van der Waals surface area contributed by atoms with E-state index < -0.39 is 0 Å². The molecular weight excluding hydrogens is 270 g/mol. The minimum Gasteiger partial charge on any atom is -0.493 e. The maximum absolute atomic E-state index is 6.05. The number of rotatable bonds is 6. The molecule has 2 rings (SSSR count). The molecule has 0 bridgehead atoms. The smallest absolute Gasteiger partial charge is 0.247 e. The van der Waals surface area contributed by atoms with Crippen molar-refractivity contribution in [1.29, 1.82) is 0 Å². The Bertz CT molecular complexity index is 596. The van der Waals surface area contributed by atoms with Crippen molar-refractivity contribution in [1.82, 2.24) is 10.2 Å². The molecule has 1 unspecified atom stereocenters. The van der Waals surface area contributed by atoms with Crippen molar-refractivity contribution in [3.05, 3.63) is 24.1 Å². The number of aromatic nitrogens is 2. The van der Waals surface area contributed by atoms with Crippen LogP contribution in [0.1, 0.15) is 32.2 Å². The van der Waals surface area contributed by atoms with Crippen LogP contribution in [0.25, 0.3) is 11.5 Å². The molecular formula is C15H21N3O3. The average molecular weight is 291 g/mol. The van der Waals surface area contributed by atoms with Crippen molar-refractivity contribution < 1.29 is 13.9 Å². The fraction of sp³-hybridized carbons (Fsp3) is 0.467. The fourth-order valence-electron chi connectivity index (χ4n) is 2.08. The highest BCUT2D eigenvalue weighted by Gasteiger charge is 2.17. The molecule has 2 aromatic rings. The molecule has 1 aromatic carbocycles. The van der Waals surface area contributed by atoms with Gasteiger partial charge in [-0.2, -0.15) is 0 Å². The monoisotopic (exact) mass is 291 g/mol. The van der Waals surface area contributed by atoms with E-state index in [4.69, 9.17) is 19.6 Å². The molecule has 1 aromatic heterocycles. The zero-order chi connectivity index (χ0) is 15.4. The number of nitrogens with two attached hydrogens (primary N) is 1. The molecule has 2 N–H and O–H groups in total. The maximum Gasteiger partial charge on any atom is 0.247 e. The predicted molar refractivity (Wildman–Crippen MR) is 79.2 cm³/mol. The quantitative estimate of drug-likeness (QED) is 0.881. The van der Waals surface area contributed by atoms with Crippen molar-refractivity contribution in [3.63, 3.8) is 0 Å². The molecule has 0 spiro atoms. The van der Waals surface area contributed by atoms with Crippen molar-refractivity contribution in [2.75, 3.05) is 14.2 Å². The largest absolute Gasteiger partial charge is 0.493 e. The highest BCUT2D eigenvalue weighted by Crippen LogP contribution is 2.32. The number of nitrogens with zero attached hydrogens (tertiary/aromatic N) is 2. The van der Waals surface area contributed by atoms with Gasteiger partial charge in [-0.3, -0.25) is 0 Å². The average Bonchev–Trinajstić information content (AvgIpc) is 2.95. The van der Waals surface area contributed by atoms with E-state index >= 15 is 0 Å². The highest BCUT2D eigenvalue weighted by atomic mass is 16.5. The Morgan fingerprint density at radius 3 is 2.48 bits per heavy atom. The maximum atomic E-state index is 6.05. The molecule has 6 heteroatoms. The molecule has 0 fully saturated rings. The molecule has 0 aliphatic heterocycles. The fourth-order valence-corrected chi connectivity index (χ4v) is 2.08. The summed E-state index contributed by atoms with van der Waals surface area (Å²) in [5, 5.41) is 8.08. The van der Waals surface area contributed by atoms with E-state index in [1.807, 2.05) is 6.07 Å². The second-order valence-corrected chi connectivity index (χ2v) is 5.25. The third kappa shape index (κ3) is 3.52. The van der Waals surface area contributed by atoms with Crippen molar-refractivity contribution in [3.8, 4) is 23.0 Å². The molecule has 0 amide bonds. The first-order valence-corrected chi connectivity index (χ1v) is 6.86. The first-order chi connectivity index (χ1) is 10.0. The van der Waals surface area contributed by atoms with E-state index in [1.165, 1.54) is 0 Å². The van der Waals surface area contributed by atoms with Crippen LogP contribution in [0.2, 0.25) is 0 Å². The van der Waals surface area contributed by atoms with Crippen LogP contribution in [0.4, 0.5) is 0 Å².